The van der Waals surface area contributed by atoms with E-state index in [1.165, 1.54) is 13.8 Å². The van der Waals surface area contributed by atoms with E-state index in [4.69, 9.17) is 13.8 Å². The Kier molecular flexibility index (Phi) is 8.54. The van der Waals surface area contributed by atoms with Gasteiger partial charge in [0.15, 0.2) is 0 Å². The summed E-state index contributed by atoms with van der Waals surface area (Å²) < 4.78 is 56.3. The van der Waals surface area contributed by atoms with Crippen LogP contribution in [-0.4, -0.2) is 30.8 Å². The second-order valence-electron chi connectivity index (χ2n) is 4.98. The second-order valence-corrected chi connectivity index (χ2v) is 8.58. The van der Waals surface area contributed by atoms with Crippen LogP contribution in [0.3, 0.4) is 0 Å². The number of aryl methyl sites for hydroxylation is 1. The minimum Gasteiger partial charge on any atom is -0.465 e. The molecule has 0 radical (unpaired) electrons. The zero-order valence-corrected chi connectivity index (χ0v) is 16.4. The van der Waals surface area contributed by atoms with Crippen molar-refractivity contribution in [2.24, 2.45) is 0 Å². The maximum Gasteiger partial charge on any atom is 0.410 e. The summed E-state index contributed by atoms with van der Waals surface area (Å²) in [6, 6.07) is 6.52. The molecule has 0 bridgehead atoms. The van der Waals surface area contributed by atoms with Crippen molar-refractivity contribution in [3.63, 3.8) is 0 Å². The number of alkyl halides is 2. The first kappa shape index (κ1) is 22.1. The fourth-order valence-corrected chi connectivity index (χ4v) is 4.89. The minimum atomic E-state index is -4.74. The van der Waals surface area contributed by atoms with Crippen LogP contribution in [0, 0.1) is 6.92 Å². The molecule has 25 heavy (non-hydrogen) atoms. The van der Waals surface area contributed by atoms with Crippen molar-refractivity contribution >= 4 is 25.3 Å². The van der Waals surface area contributed by atoms with Crippen LogP contribution in [0.5, 0.6) is 0 Å². The molecule has 142 valence electrons. The van der Waals surface area contributed by atoms with Crippen molar-refractivity contribution in [2.45, 2.75) is 37.9 Å². The maximum absolute atomic E-state index is 14.7. The molecule has 0 saturated heterocycles. The van der Waals surface area contributed by atoms with Crippen LogP contribution < -0.4 is 0 Å². The van der Waals surface area contributed by atoms with Gasteiger partial charge in [-0.2, -0.15) is 8.78 Å². The summed E-state index contributed by atoms with van der Waals surface area (Å²) in [5, 5.41) is -1.36. The Bertz CT molecular complexity index is 599. The monoisotopic (exact) mass is 396 g/mol. The van der Waals surface area contributed by atoms with Crippen molar-refractivity contribution in [3.05, 3.63) is 35.4 Å². The first-order chi connectivity index (χ1) is 11.7. The number of carbonyl (C=O) groups is 1. The number of rotatable bonds is 10. The van der Waals surface area contributed by atoms with Gasteiger partial charge >= 0.3 is 18.6 Å². The molecule has 0 aliphatic rings. The molecule has 1 atom stereocenters. The molecule has 0 aromatic heterocycles. The Morgan fingerprint density at radius 2 is 1.64 bits per heavy atom. The molecule has 0 fully saturated rings. The van der Waals surface area contributed by atoms with Gasteiger partial charge in [-0.3, -0.25) is 9.36 Å². The summed E-state index contributed by atoms with van der Waals surface area (Å²) in [7, 11) is -4.74. The molecule has 0 aliphatic carbocycles. The summed E-state index contributed by atoms with van der Waals surface area (Å²) >= 11 is -0.0801. The van der Waals surface area contributed by atoms with Crippen molar-refractivity contribution in [3.8, 4) is 0 Å². The van der Waals surface area contributed by atoms with Gasteiger partial charge in [0.25, 0.3) is 0 Å². The van der Waals surface area contributed by atoms with Gasteiger partial charge in [0, 0.05) is 0 Å². The number of hydrogen-bond acceptors (Lipinski definition) is 6. The fourth-order valence-electron chi connectivity index (χ4n) is 1.95. The largest absolute Gasteiger partial charge is 0.465 e. The van der Waals surface area contributed by atoms with E-state index in [1.54, 1.807) is 31.2 Å². The van der Waals surface area contributed by atoms with Gasteiger partial charge < -0.3 is 13.8 Å². The Morgan fingerprint density at radius 3 is 2.08 bits per heavy atom. The fraction of sp³-hybridized carbons (Fsp3) is 0.562. The highest BCUT2D eigenvalue weighted by molar-refractivity contribution is 8.06. The highest BCUT2D eigenvalue weighted by Crippen LogP contribution is 2.68. The third-order valence-electron chi connectivity index (χ3n) is 3.06. The van der Waals surface area contributed by atoms with E-state index >= 15 is 0 Å². The Hall–Kier alpha value is -0.950. The predicted molar refractivity (Wildman–Crippen MR) is 93.9 cm³/mol. The van der Waals surface area contributed by atoms with Crippen molar-refractivity contribution in [2.75, 3.05) is 19.8 Å². The minimum absolute atomic E-state index is 0.0436. The molecule has 9 heteroatoms. The standard InChI is InChI=1S/C16H23F2O5PS/c1-5-21-15(19)14(13-10-8-12(4)9-11-13)25-16(17,18)24(20,22-6-2)23-7-3/h8-11,14H,5-7H2,1-4H3. The zero-order chi connectivity index (χ0) is 19.1. The van der Waals surface area contributed by atoms with Gasteiger partial charge in [0.05, 0.1) is 19.8 Å². The molecule has 0 saturated carbocycles. The highest BCUT2D eigenvalue weighted by Gasteiger charge is 2.56. The third kappa shape index (κ3) is 5.78. The molecular weight excluding hydrogens is 373 g/mol. The number of thioether (sulfide) groups is 1. The topological polar surface area (TPSA) is 61.8 Å². The summed E-state index contributed by atoms with van der Waals surface area (Å²) in [5.41, 5.74) is 1.24. The lowest BCUT2D eigenvalue weighted by molar-refractivity contribution is -0.142. The van der Waals surface area contributed by atoms with Crippen molar-refractivity contribution in [1.82, 2.24) is 0 Å². The molecule has 0 amide bonds. The molecule has 0 spiro atoms. The summed E-state index contributed by atoms with van der Waals surface area (Å²) in [5.74, 6) is -0.837. The Morgan fingerprint density at radius 1 is 1.12 bits per heavy atom. The second kappa shape index (κ2) is 9.67. The molecule has 1 unspecified atom stereocenters. The molecule has 1 aromatic carbocycles. The molecule has 0 heterocycles. The summed E-state index contributed by atoms with van der Waals surface area (Å²) in [6.07, 6.45) is 0. The van der Waals surface area contributed by atoms with Gasteiger partial charge in [0.1, 0.15) is 5.25 Å². The SMILES string of the molecule is CCOC(=O)C(SC(F)(F)P(=O)(OCC)OCC)c1ccc(C)cc1. The predicted octanol–water partition coefficient (Wildman–Crippen LogP) is 5.15. The third-order valence-corrected chi connectivity index (χ3v) is 6.86. The number of halogens is 2. The van der Waals surface area contributed by atoms with E-state index in [0.29, 0.717) is 5.56 Å². The number of carbonyl (C=O) groups excluding carboxylic acids is 1. The van der Waals surface area contributed by atoms with E-state index in [1.807, 2.05) is 6.92 Å². The van der Waals surface area contributed by atoms with Crippen LogP contribution in [-0.2, 0) is 23.1 Å². The van der Waals surface area contributed by atoms with Crippen LogP contribution in [0.4, 0.5) is 8.78 Å². The summed E-state index contributed by atoms with van der Waals surface area (Å²) in [4.78, 5) is 8.29. The van der Waals surface area contributed by atoms with Gasteiger partial charge in [-0.05, 0) is 33.3 Å². The van der Waals surface area contributed by atoms with Gasteiger partial charge in [-0.15, -0.1) is 0 Å². The van der Waals surface area contributed by atoms with Gasteiger partial charge in [-0.1, -0.05) is 41.6 Å². The van der Waals surface area contributed by atoms with Crippen molar-refractivity contribution < 1.29 is 31.9 Å². The zero-order valence-electron chi connectivity index (χ0n) is 14.7. The molecule has 0 aliphatic heterocycles. The summed E-state index contributed by atoms with van der Waals surface area (Å²) in [6.45, 7) is 5.93. The number of esters is 1. The molecule has 1 aromatic rings. The van der Waals surface area contributed by atoms with Crippen LogP contribution in [0.2, 0.25) is 0 Å². The van der Waals surface area contributed by atoms with Crippen molar-refractivity contribution in [1.29, 1.82) is 0 Å². The number of hydrogen-bond donors (Lipinski definition) is 0. The van der Waals surface area contributed by atoms with E-state index < -0.39 is 23.8 Å². The normalized spacial score (nSPS) is 13.5. The van der Waals surface area contributed by atoms with Crippen LogP contribution in [0.1, 0.15) is 37.1 Å². The van der Waals surface area contributed by atoms with Crippen LogP contribution in [0.15, 0.2) is 24.3 Å². The first-order valence-electron chi connectivity index (χ1n) is 7.88. The van der Waals surface area contributed by atoms with E-state index in [0.717, 1.165) is 5.56 Å². The van der Waals surface area contributed by atoms with E-state index in [2.05, 4.69) is 0 Å². The van der Waals surface area contributed by atoms with E-state index in [9.17, 15) is 18.1 Å². The highest BCUT2D eigenvalue weighted by atomic mass is 32.2. The molecule has 1 rings (SSSR count). The van der Waals surface area contributed by atoms with Gasteiger partial charge in [0.2, 0.25) is 0 Å². The lowest BCUT2D eigenvalue weighted by Gasteiger charge is -2.27. The smallest absolute Gasteiger partial charge is 0.410 e. The number of ether oxygens (including phenoxy) is 1. The molecule has 5 nitrogen and oxygen atoms in total. The average molecular weight is 396 g/mol. The lowest BCUT2D eigenvalue weighted by Crippen LogP contribution is -2.22. The molecular formula is C16H23F2O5PS. The van der Waals surface area contributed by atoms with Crippen LogP contribution in [0.25, 0.3) is 0 Å². The Balaban J connectivity index is 3.20. The van der Waals surface area contributed by atoms with Gasteiger partial charge in [-0.25, -0.2) is 0 Å². The first-order valence-corrected chi connectivity index (χ1v) is 10.3. The maximum atomic E-state index is 14.7. The van der Waals surface area contributed by atoms with Crippen LogP contribution >= 0.6 is 19.4 Å². The average Bonchev–Trinajstić information content (AvgIpc) is 2.54. The quantitative estimate of drug-likeness (QED) is 0.403. The Labute approximate surface area is 151 Å². The lowest BCUT2D eigenvalue weighted by atomic mass is 10.1. The van der Waals surface area contributed by atoms with E-state index in [-0.39, 0.29) is 31.6 Å². The molecule has 0 N–H and O–H groups in total. The number of benzene rings is 1.